The lowest BCUT2D eigenvalue weighted by molar-refractivity contribution is 0.247. The predicted molar refractivity (Wildman–Crippen MR) is 92.8 cm³/mol. The number of hydrogen-bond acceptors (Lipinski definition) is 2. The molecule has 0 spiro atoms. The van der Waals surface area contributed by atoms with E-state index in [1.807, 2.05) is 12.1 Å². The molecule has 130 valence electrons. The summed E-state index contributed by atoms with van der Waals surface area (Å²) in [5.74, 6) is -1.46. The number of halogens is 2. The van der Waals surface area contributed by atoms with Gasteiger partial charge in [-0.1, -0.05) is 18.2 Å². The molecule has 0 radical (unpaired) electrons. The van der Waals surface area contributed by atoms with Gasteiger partial charge in [0.1, 0.15) is 11.6 Å². The van der Waals surface area contributed by atoms with E-state index < -0.39 is 17.7 Å². The average molecular weight is 343 g/mol. The van der Waals surface area contributed by atoms with Gasteiger partial charge in [-0.2, -0.15) is 0 Å². The predicted octanol–water partition coefficient (Wildman–Crippen LogP) is 3.98. The summed E-state index contributed by atoms with van der Waals surface area (Å²) in [6, 6.07) is 8.69. The smallest absolute Gasteiger partial charge is 0.319 e. The van der Waals surface area contributed by atoms with E-state index in [-0.39, 0.29) is 11.7 Å². The third-order valence-electron chi connectivity index (χ3n) is 4.89. The maximum atomic E-state index is 13.7. The van der Waals surface area contributed by atoms with Crippen LogP contribution in [-0.4, -0.2) is 19.1 Å². The van der Waals surface area contributed by atoms with E-state index in [1.165, 1.54) is 17.3 Å². The molecule has 1 unspecified atom stereocenters. The number of nitrogens with one attached hydrogen (secondary N) is 2. The number of aryl methyl sites for hydroxylation is 1. The van der Waals surface area contributed by atoms with E-state index in [4.69, 9.17) is 0 Å². The van der Waals surface area contributed by atoms with Gasteiger partial charge < -0.3 is 15.5 Å². The number of rotatable bonds is 2. The fourth-order valence-corrected chi connectivity index (χ4v) is 3.77. The van der Waals surface area contributed by atoms with Crippen molar-refractivity contribution in [3.63, 3.8) is 0 Å². The van der Waals surface area contributed by atoms with Crippen LogP contribution < -0.4 is 15.5 Å². The van der Waals surface area contributed by atoms with E-state index in [2.05, 4.69) is 21.6 Å². The summed E-state index contributed by atoms with van der Waals surface area (Å²) in [6.07, 6.45) is 3.01. The molecule has 2 aliphatic heterocycles. The standard InChI is InChI=1S/C19H19F2N3O/c20-13-6-7-17(15(21)11-13)23-19(25)22-16-8-10-24-9-2-4-12-3-1-5-14(16)18(12)24/h1,3,5-7,11,16H,2,4,8-10H2,(H2,22,23,25). The fraction of sp³-hybridized carbons (Fsp3) is 0.316. The third-order valence-corrected chi connectivity index (χ3v) is 4.89. The molecule has 0 fully saturated rings. The topological polar surface area (TPSA) is 44.4 Å². The minimum atomic E-state index is -0.790. The van der Waals surface area contributed by atoms with E-state index in [9.17, 15) is 13.6 Å². The first-order valence-corrected chi connectivity index (χ1v) is 8.51. The Morgan fingerprint density at radius 1 is 1.16 bits per heavy atom. The Labute approximate surface area is 144 Å². The zero-order chi connectivity index (χ0) is 17.4. The van der Waals surface area contributed by atoms with Crippen LogP contribution in [-0.2, 0) is 6.42 Å². The van der Waals surface area contributed by atoms with Gasteiger partial charge in [-0.15, -0.1) is 0 Å². The van der Waals surface area contributed by atoms with Crippen LogP contribution >= 0.6 is 0 Å². The molecule has 0 aromatic heterocycles. The highest BCUT2D eigenvalue weighted by molar-refractivity contribution is 5.90. The number of nitrogens with zero attached hydrogens (tertiary/aromatic N) is 1. The van der Waals surface area contributed by atoms with Crippen LogP contribution in [0.3, 0.4) is 0 Å². The number of urea groups is 1. The Kier molecular flexibility index (Phi) is 4.03. The number of anilines is 2. The number of carbonyl (C=O) groups excluding carboxylic acids is 1. The zero-order valence-corrected chi connectivity index (χ0v) is 13.7. The van der Waals surface area contributed by atoms with Gasteiger partial charge in [-0.25, -0.2) is 13.6 Å². The molecular weight excluding hydrogens is 324 g/mol. The lowest BCUT2D eigenvalue weighted by Gasteiger charge is -2.40. The molecule has 0 aliphatic carbocycles. The summed E-state index contributed by atoms with van der Waals surface area (Å²) in [5, 5.41) is 5.39. The van der Waals surface area contributed by atoms with Crippen molar-refractivity contribution >= 4 is 17.4 Å². The molecule has 2 amide bonds. The van der Waals surface area contributed by atoms with Gasteiger partial charge in [0, 0.05) is 24.8 Å². The van der Waals surface area contributed by atoms with Gasteiger partial charge in [0.2, 0.25) is 0 Å². The van der Waals surface area contributed by atoms with Crippen LogP contribution in [0.2, 0.25) is 0 Å². The van der Waals surface area contributed by atoms with Crippen LogP contribution in [0, 0.1) is 11.6 Å². The van der Waals surface area contributed by atoms with Crippen molar-refractivity contribution in [1.82, 2.24) is 5.32 Å². The quantitative estimate of drug-likeness (QED) is 0.866. The molecule has 6 heteroatoms. The molecule has 2 aliphatic rings. The Morgan fingerprint density at radius 2 is 2.04 bits per heavy atom. The number of hydrogen-bond donors (Lipinski definition) is 2. The first kappa shape index (κ1) is 15.9. The first-order chi connectivity index (χ1) is 12.1. The fourth-order valence-electron chi connectivity index (χ4n) is 3.77. The van der Waals surface area contributed by atoms with Crippen LogP contribution in [0.5, 0.6) is 0 Å². The first-order valence-electron chi connectivity index (χ1n) is 8.51. The SMILES string of the molecule is O=C(Nc1ccc(F)cc1F)NC1CCN2CCCc3cccc1c32. The van der Waals surface area contributed by atoms with Crippen LogP contribution in [0.4, 0.5) is 25.0 Å². The second-order valence-corrected chi connectivity index (χ2v) is 6.51. The summed E-state index contributed by atoms with van der Waals surface area (Å²) < 4.78 is 26.7. The molecule has 4 nitrogen and oxygen atoms in total. The highest BCUT2D eigenvalue weighted by Gasteiger charge is 2.30. The molecule has 0 saturated heterocycles. The van der Waals surface area contributed by atoms with Gasteiger partial charge >= 0.3 is 6.03 Å². The molecule has 1 atom stereocenters. The molecule has 2 N–H and O–H groups in total. The van der Waals surface area contributed by atoms with Crippen molar-refractivity contribution in [2.24, 2.45) is 0 Å². The molecule has 25 heavy (non-hydrogen) atoms. The maximum absolute atomic E-state index is 13.7. The zero-order valence-electron chi connectivity index (χ0n) is 13.7. The van der Waals surface area contributed by atoms with Gasteiger partial charge in [-0.3, -0.25) is 0 Å². The van der Waals surface area contributed by atoms with Gasteiger partial charge in [0.25, 0.3) is 0 Å². The van der Waals surface area contributed by atoms with Gasteiger partial charge in [-0.05, 0) is 42.5 Å². The van der Waals surface area contributed by atoms with Crippen molar-refractivity contribution in [2.75, 3.05) is 23.3 Å². The number of amides is 2. The molecule has 0 saturated carbocycles. The lowest BCUT2D eigenvalue weighted by atomic mass is 9.89. The number of benzene rings is 2. The van der Waals surface area contributed by atoms with Crippen LogP contribution in [0.1, 0.15) is 30.0 Å². The van der Waals surface area contributed by atoms with Crippen LogP contribution in [0.15, 0.2) is 36.4 Å². The minimum absolute atomic E-state index is 0.0357. The lowest BCUT2D eigenvalue weighted by Crippen LogP contribution is -2.41. The van der Waals surface area contributed by atoms with E-state index >= 15 is 0 Å². The maximum Gasteiger partial charge on any atom is 0.319 e. The van der Waals surface area contributed by atoms with Gasteiger partial charge in [0.15, 0.2) is 0 Å². The number of para-hydroxylation sites is 1. The second-order valence-electron chi connectivity index (χ2n) is 6.51. The summed E-state index contributed by atoms with van der Waals surface area (Å²) in [4.78, 5) is 14.7. The van der Waals surface area contributed by atoms with Crippen LogP contribution in [0.25, 0.3) is 0 Å². The normalized spacial score (nSPS) is 18.5. The summed E-state index contributed by atoms with van der Waals surface area (Å²) in [5.41, 5.74) is 3.63. The Bertz CT molecular complexity index is 824. The van der Waals surface area contributed by atoms with Gasteiger partial charge in [0.05, 0.1) is 11.7 Å². The van der Waals surface area contributed by atoms with E-state index in [1.54, 1.807) is 0 Å². The average Bonchev–Trinajstić information content (AvgIpc) is 2.60. The van der Waals surface area contributed by atoms with Crippen molar-refractivity contribution in [2.45, 2.75) is 25.3 Å². The second kappa shape index (κ2) is 6.35. The van der Waals surface area contributed by atoms with E-state index in [0.29, 0.717) is 0 Å². The Hall–Kier alpha value is -2.63. The molecule has 4 rings (SSSR count). The largest absolute Gasteiger partial charge is 0.371 e. The Morgan fingerprint density at radius 3 is 2.88 bits per heavy atom. The molecule has 2 aromatic carbocycles. The highest BCUT2D eigenvalue weighted by Crippen LogP contribution is 2.39. The van der Waals surface area contributed by atoms with Crippen molar-refractivity contribution in [3.05, 3.63) is 59.2 Å². The molecule has 2 aromatic rings. The summed E-state index contributed by atoms with van der Waals surface area (Å²) in [6.45, 7) is 1.93. The molecular formula is C19H19F2N3O. The van der Waals surface area contributed by atoms with Crippen molar-refractivity contribution in [3.8, 4) is 0 Å². The van der Waals surface area contributed by atoms with Crippen molar-refractivity contribution in [1.29, 1.82) is 0 Å². The third kappa shape index (κ3) is 3.04. The molecule has 2 heterocycles. The van der Waals surface area contributed by atoms with Crippen molar-refractivity contribution < 1.29 is 13.6 Å². The molecule has 0 bridgehead atoms. The monoisotopic (exact) mass is 343 g/mol. The summed E-state index contributed by atoms with van der Waals surface area (Å²) in [7, 11) is 0. The van der Waals surface area contributed by atoms with E-state index in [0.717, 1.165) is 50.0 Å². The highest BCUT2D eigenvalue weighted by atomic mass is 19.1. The summed E-state index contributed by atoms with van der Waals surface area (Å²) >= 11 is 0. The Balaban J connectivity index is 1.52. The minimum Gasteiger partial charge on any atom is -0.371 e. The number of carbonyl (C=O) groups is 1.